The van der Waals surface area contributed by atoms with Crippen molar-refractivity contribution >= 4 is 35.0 Å². The van der Waals surface area contributed by atoms with Crippen LogP contribution in [0, 0.1) is 5.82 Å². The summed E-state index contributed by atoms with van der Waals surface area (Å²) in [7, 11) is 0. The number of carbonyl (C=O) groups is 2. The summed E-state index contributed by atoms with van der Waals surface area (Å²) < 4.78 is 21.6. The van der Waals surface area contributed by atoms with E-state index in [9.17, 15) is 19.1 Å². The molecule has 204 valence electrons. The number of nitrogens with one attached hydrogen (secondary N) is 1. The molecule has 2 aromatic carbocycles. The van der Waals surface area contributed by atoms with Crippen LogP contribution < -0.4 is 10.1 Å². The molecule has 2 atom stereocenters. The number of thiazole rings is 1. The number of hydrogen-bond donors (Lipinski definition) is 2. The first-order valence-electron chi connectivity index (χ1n) is 12.3. The van der Waals surface area contributed by atoms with Gasteiger partial charge in [-0.2, -0.15) is 11.8 Å². The molecule has 0 bridgehead atoms. The number of benzene rings is 2. The first-order valence-corrected chi connectivity index (χ1v) is 14.6. The normalized spacial score (nSPS) is 12.6. The van der Waals surface area contributed by atoms with Gasteiger partial charge in [-0.1, -0.05) is 18.2 Å². The first kappa shape index (κ1) is 28.3. The average Bonchev–Trinajstić information content (AvgIpc) is 3.65. The highest BCUT2D eigenvalue weighted by molar-refractivity contribution is 7.98. The maximum absolute atomic E-state index is 13.4. The van der Waals surface area contributed by atoms with Crippen molar-refractivity contribution in [2.24, 2.45) is 0 Å². The fraction of sp³-hybridized carbons (Fsp3) is 0.286. The van der Waals surface area contributed by atoms with Crippen molar-refractivity contribution < 1.29 is 23.8 Å². The van der Waals surface area contributed by atoms with Crippen LogP contribution in [0.2, 0.25) is 0 Å². The van der Waals surface area contributed by atoms with Crippen LogP contribution in [0.5, 0.6) is 5.75 Å². The number of halogens is 1. The van der Waals surface area contributed by atoms with Gasteiger partial charge in [-0.25, -0.2) is 19.2 Å². The fourth-order valence-corrected chi connectivity index (χ4v) is 5.16. The Morgan fingerprint density at radius 2 is 2.00 bits per heavy atom. The summed E-state index contributed by atoms with van der Waals surface area (Å²) in [6, 6.07) is 10.5. The zero-order valence-electron chi connectivity index (χ0n) is 21.3. The molecule has 39 heavy (non-hydrogen) atoms. The maximum atomic E-state index is 13.4. The highest BCUT2D eigenvalue weighted by Gasteiger charge is 2.23. The lowest BCUT2D eigenvalue weighted by Crippen LogP contribution is -2.41. The number of carboxylic acid groups (broad SMARTS) is 1. The zero-order valence-corrected chi connectivity index (χ0v) is 23.0. The van der Waals surface area contributed by atoms with Crippen LogP contribution in [0.3, 0.4) is 0 Å². The molecule has 11 heteroatoms. The number of thioether (sulfide) groups is 1. The van der Waals surface area contributed by atoms with Crippen molar-refractivity contribution in [3.8, 4) is 5.75 Å². The summed E-state index contributed by atoms with van der Waals surface area (Å²) >= 11 is 2.99. The van der Waals surface area contributed by atoms with E-state index in [1.165, 1.54) is 35.2 Å². The Balaban J connectivity index is 1.60. The predicted molar refractivity (Wildman–Crippen MR) is 150 cm³/mol. The van der Waals surface area contributed by atoms with E-state index in [0.29, 0.717) is 42.9 Å². The molecule has 0 saturated heterocycles. The monoisotopic (exact) mass is 568 g/mol. The number of aryl methyl sites for hydroxylation is 2. The molecule has 0 saturated carbocycles. The van der Waals surface area contributed by atoms with Crippen LogP contribution in [0.15, 0.2) is 72.8 Å². The number of nitrogens with zero attached hydrogens (tertiary/aromatic N) is 3. The molecule has 0 spiro atoms. The minimum Gasteiger partial charge on any atom is -0.481 e. The summed E-state index contributed by atoms with van der Waals surface area (Å²) in [5.74, 6) is -0.815. The van der Waals surface area contributed by atoms with Crippen molar-refractivity contribution in [2.45, 2.75) is 38.0 Å². The first-order chi connectivity index (χ1) is 18.9. The summed E-state index contributed by atoms with van der Waals surface area (Å²) in [5.41, 5.74) is 2.00. The highest BCUT2D eigenvalue weighted by atomic mass is 32.2. The van der Waals surface area contributed by atoms with E-state index in [1.54, 1.807) is 43.0 Å². The molecule has 2 N–H and O–H groups in total. The van der Waals surface area contributed by atoms with Gasteiger partial charge in [-0.3, -0.25) is 4.79 Å². The van der Waals surface area contributed by atoms with Crippen LogP contribution in [0.1, 0.15) is 39.0 Å². The van der Waals surface area contributed by atoms with Crippen LogP contribution in [0.25, 0.3) is 0 Å². The van der Waals surface area contributed by atoms with Gasteiger partial charge in [0.1, 0.15) is 22.6 Å². The van der Waals surface area contributed by atoms with E-state index in [4.69, 9.17) is 4.74 Å². The third kappa shape index (κ3) is 8.14. The van der Waals surface area contributed by atoms with Gasteiger partial charge in [0.25, 0.3) is 5.91 Å². The van der Waals surface area contributed by atoms with Crippen LogP contribution >= 0.6 is 23.1 Å². The third-order valence-electron chi connectivity index (χ3n) is 6.08. The second-order valence-corrected chi connectivity index (χ2v) is 10.7. The van der Waals surface area contributed by atoms with Gasteiger partial charge < -0.3 is 19.7 Å². The SMILES string of the molecule is CSCC[C@H](NC(=O)c1cc(OC(Cn2ccnc2)c2nccs2)ccc1CCc1ccc(F)cc1)C(=O)O. The van der Waals surface area contributed by atoms with Crippen molar-refractivity contribution in [2.75, 3.05) is 12.0 Å². The second kappa shape index (κ2) is 13.9. The Hall–Kier alpha value is -3.70. The second-order valence-electron chi connectivity index (χ2n) is 8.83. The number of carbonyl (C=O) groups excluding carboxylic acids is 1. The Morgan fingerprint density at radius 3 is 2.67 bits per heavy atom. The van der Waals surface area contributed by atoms with E-state index >= 15 is 0 Å². The molecule has 0 fully saturated rings. The van der Waals surface area contributed by atoms with Gasteiger partial charge in [-0.05, 0) is 66.7 Å². The van der Waals surface area contributed by atoms with E-state index in [2.05, 4.69) is 15.3 Å². The van der Waals surface area contributed by atoms with Crippen molar-refractivity contribution in [3.05, 3.63) is 100 Å². The lowest BCUT2D eigenvalue weighted by Gasteiger charge is -2.20. The number of hydrogen-bond acceptors (Lipinski definition) is 7. The molecule has 4 rings (SSSR count). The molecular formula is C28H29FN4O4S2. The van der Waals surface area contributed by atoms with Gasteiger partial charge in [0.15, 0.2) is 6.10 Å². The minimum atomic E-state index is -1.08. The van der Waals surface area contributed by atoms with Crippen molar-refractivity contribution in [3.63, 3.8) is 0 Å². The minimum absolute atomic E-state index is 0.306. The van der Waals surface area contributed by atoms with Crippen LogP contribution in [0.4, 0.5) is 4.39 Å². The molecule has 0 aliphatic heterocycles. The number of imidazole rings is 1. The van der Waals surface area contributed by atoms with Crippen molar-refractivity contribution in [1.82, 2.24) is 19.9 Å². The van der Waals surface area contributed by atoms with E-state index in [1.807, 2.05) is 28.5 Å². The highest BCUT2D eigenvalue weighted by Crippen LogP contribution is 2.28. The molecule has 0 aliphatic rings. The number of aliphatic carboxylic acids is 1. The lowest BCUT2D eigenvalue weighted by molar-refractivity contribution is -0.139. The molecule has 8 nitrogen and oxygen atoms in total. The smallest absolute Gasteiger partial charge is 0.326 e. The predicted octanol–water partition coefficient (Wildman–Crippen LogP) is 5.02. The fourth-order valence-electron chi connectivity index (χ4n) is 4.03. The average molecular weight is 569 g/mol. The van der Waals surface area contributed by atoms with Gasteiger partial charge in [-0.15, -0.1) is 11.3 Å². The molecular weight excluding hydrogens is 539 g/mol. The molecule has 0 radical (unpaired) electrons. The maximum Gasteiger partial charge on any atom is 0.326 e. The van der Waals surface area contributed by atoms with Crippen LogP contribution in [-0.4, -0.2) is 49.6 Å². The lowest BCUT2D eigenvalue weighted by atomic mass is 9.98. The standard InChI is InChI=1S/C28H29FN4O4S2/c1-38-14-10-24(28(35)36)32-26(34)23-16-22(9-6-20(23)5-2-19-3-7-21(29)8-4-19)37-25(27-31-12-15-39-27)17-33-13-11-30-18-33/h3-4,6-9,11-13,15-16,18,24-25H,2,5,10,14,17H2,1H3,(H,32,34)(H,35,36)/t24-,25?/m0/s1. The number of amides is 1. The Morgan fingerprint density at radius 1 is 1.18 bits per heavy atom. The summed E-state index contributed by atoms with van der Waals surface area (Å²) in [4.78, 5) is 33.7. The number of aromatic nitrogens is 3. The Bertz CT molecular complexity index is 1350. The van der Waals surface area contributed by atoms with Gasteiger partial charge >= 0.3 is 5.97 Å². The Kier molecular flexibility index (Phi) is 10.1. The third-order valence-corrected chi connectivity index (χ3v) is 7.59. The molecule has 1 unspecified atom stereocenters. The molecule has 2 aromatic heterocycles. The largest absolute Gasteiger partial charge is 0.481 e. The van der Waals surface area contributed by atoms with E-state index in [-0.39, 0.29) is 5.82 Å². The van der Waals surface area contributed by atoms with Gasteiger partial charge in [0.2, 0.25) is 0 Å². The number of rotatable bonds is 14. The van der Waals surface area contributed by atoms with Gasteiger partial charge in [0.05, 0.1) is 12.9 Å². The molecule has 1 amide bonds. The van der Waals surface area contributed by atoms with Crippen molar-refractivity contribution in [1.29, 1.82) is 0 Å². The number of carboxylic acids is 1. The zero-order chi connectivity index (χ0) is 27.6. The molecule has 4 aromatic rings. The van der Waals surface area contributed by atoms with Gasteiger partial charge in [0, 0.05) is 29.5 Å². The van der Waals surface area contributed by atoms with Crippen LogP contribution in [-0.2, 0) is 24.2 Å². The number of ether oxygens (including phenoxy) is 1. The summed E-state index contributed by atoms with van der Waals surface area (Å²) in [6.45, 7) is 0.469. The topological polar surface area (TPSA) is 106 Å². The summed E-state index contributed by atoms with van der Waals surface area (Å²) in [5, 5.41) is 15.0. The quantitative estimate of drug-likeness (QED) is 0.220. The molecule has 0 aliphatic carbocycles. The van der Waals surface area contributed by atoms with E-state index < -0.39 is 24.0 Å². The Labute approximate surface area is 234 Å². The molecule has 2 heterocycles. The van der Waals surface area contributed by atoms with E-state index in [0.717, 1.165) is 16.1 Å². The summed E-state index contributed by atoms with van der Waals surface area (Å²) in [6.07, 6.45) is 9.78.